The highest BCUT2D eigenvalue weighted by Gasteiger charge is 2.53. The SMILES string of the molecule is CO.CSN(C(=O)OC(C)C(C)OP(=O)(O)O)c1nn(CC(F)(F)F)c2c(-c3ccc(C#CC(C)(C)SC)nc3C(Cc3cc(F)cc(F)c3)NC(=O)Cn3nc(C(F)(F)F)c4c3C(F)(F)C[C@@H]4C)ccc(Cl)c12. The molecule has 29 heteroatoms. The minimum absolute atomic E-state index is 0.0223. The lowest BCUT2D eigenvalue weighted by atomic mass is 9.93. The molecule has 3 unspecified atom stereocenters. The van der Waals surface area contributed by atoms with Gasteiger partial charge in [0.1, 0.15) is 48.3 Å². The number of phosphoric ester groups is 1. The lowest BCUT2D eigenvalue weighted by molar-refractivity contribution is -0.143. The van der Waals surface area contributed by atoms with Crippen LogP contribution < -0.4 is 9.62 Å². The lowest BCUT2D eigenvalue weighted by Crippen LogP contribution is -2.35. The van der Waals surface area contributed by atoms with Gasteiger partial charge in [-0.15, -0.1) is 11.8 Å². The van der Waals surface area contributed by atoms with E-state index in [-0.39, 0.29) is 43.2 Å². The van der Waals surface area contributed by atoms with Crippen LogP contribution in [0.5, 0.6) is 0 Å². The first-order valence-corrected chi connectivity index (χ1v) is 25.9. The Balaban J connectivity index is 0.00000501. The number of carbonyl (C=O) groups excluding carboxylic acids is 2. The number of nitrogens with one attached hydrogen (secondary N) is 1. The van der Waals surface area contributed by atoms with Gasteiger partial charge in [0, 0.05) is 42.5 Å². The fourth-order valence-electron chi connectivity index (χ4n) is 7.85. The fourth-order valence-corrected chi connectivity index (χ4v) is 9.34. The number of hydrogen-bond acceptors (Lipinski definition) is 11. The third-order valence-electron chi connectivity index (χ3n) is 11.1. The van der Waals surface area contributed by atoms with Crippen LogP contribution >= 0.6 is 43.1 Å². The third kappa shape index (κ3) is 14.2. The molecule has 2 aromatic carbocycles. The van der Waals surface area contributed by atoms with Crippen molar-refractivity contribution in [3.05, 3.63) is 93.0 Å². The number of carbonyl (C=O) groups is 2. The van der Waals surface area contributed by atoms with Gasteiger partial charge in [0.05, 0.1) is 32.4 Å². The standard InChI is InChI=1S/C44H43ClF10N7O7PS2.CH4O/c1-21-18-42(48,49)38-33(21)37(44(53,54)55)58-60(38)19-32(63)57-31(16-24-14-25(46)17-26(47)15-24)35-28(9-8-27(56-35)12-13-41(4,5)71-6)29-10-11-30(45)34-36(29)61(20-43(50,51)52)59-39(34)62(72-7)40(64)68-22(2)23(3)69-70(65,66)67;1-2/h8-11,14-15,17,21-23,31H,16,18-20H2,1-7H3,(H,57,63)(H2,65,66,67);2H,1H3/t21-,22?,23?,31?;/m0./s1. The normalized spacial score (nSPS) is 15.8. The summed E-state index contributed by atoms with van der Waals surface area (Å²) in [5, 5.41) is 16.5. The largest absolute Gasteiger partial charge is 0.469 e. The molecule has 2 amide bonds. The van der Waals surface area contributed by atoms with Gasteiger partial charge in [-0.1, -0.05) is 30.5 Å². The molecule has 5 aromatic rings. The Morgan fingerprint density at radius 1 is 0.986 bits per heavy atom. The smallest absolute Gasteiger partial charge is 0.443 e. The van der Waals surface area contributed by atoms with E-state index in [0.717, 1.165) is 26.2 Å². The number of nitrogens with zero attached hydrogens (tertiary/aromatic N) is 6. The Morgan fingerprint density at radius 2 is 1.61 bits per heavy atom. The van der Waals surface area contributed by atoms with Gasteiger partial charge in [0.25, 0.3) is 5.92 Å². The number of halogens is 11. The minimum Gasteiger partial charge on any atom is -0.443 e. The predicted octanol–water partition coefficient (Wildman–Crippen LogP) is 10.7. The second kappa shape index (κ2) is 23.0. The summed E-state index contributed by atoms with van der Waals surface area (Å²) in [5.41, 5.74) is -4.74. The molecule has 1 aliphatic rings. The highest BCUT2D eigenvalue weighted by molar-refractivity contribution is 8.00. The van der Waals surface area contributed by atoms with E-state index >= 15 is 8.78 Å². The molecule has 3 aromatic heterocycles. The lowest BCUT2D eigenvalue weighted by Gasteiger charge is -2.24. The highest BCUT2D eigenvalue weighted by Crippen LogP contribution is 2.52. The number of alkyl halides is 8. The number of thioether (sulfide) groups is 1. The number of benzene rings is 2. The van der Waals surface area contributed by atoms with E-state index in [4.69, 9.17) is 26.4 Å². The summed E-state index contributed by atoms with van der Waals surface area (Å²) < 4.78 is 169. The number of hydrogen-bond donors (Lipinski definition) is 4. The van der Waals surface area contributed by atoms with Crippen molar-refractivity contribution in [1.82, 2.24) is 29.9 Å². The van der Waals surface area contributed by atoms with Crippen molar-refractivity contribution in [2.75, 3.05) is 23.9 Å². The van der Waals surface area contributed by atoms with Gasteiger partial charge < -0.3 is 24.9 Å². The summed E-state index contributed by atoms with van der Waals surface area (Å²) in [4.78, 5) is 51.1. The van der Waals surface area contributed by atoms with Crippen LogP contribution in [0.2, 0.25) is 5.02 Å². The van der Waals surface area contributed by atoms with E-state index in [0.29, 0.717) is 27.0 Å². The molecule has 404 valence electrons. The first-order valence-electron chi connectivity index (χ1n) is 21.6. The summed E-state index contributed by atoms with van der Waals surface area (Å²) in [6.45, 7) is 4.02. The van der Waals surface area contributed by atoms with E-state index in [2.05, 4.69) is 31.9 Å². The second-order valence-electron chi connectivity index (χ2n) is 17.1. The van der Waals surface area contributed by atoms with Crippen LogP contribution in [0.3, 0.4) is 0 Å². The Morgan fingerprint density at radius 3 is 2.18 bits per heavy atom. The molecule has 0 aliphatic heterocycles. The Hall–Kier alpha value is -5.07. The zero-order valence-electron chi connectivity index (χ0n) is 40.2. The average molecular weight is 1130 g/mol. The number of rotatable bonds is 15. The molecule has 0 saturated carbocycles. The van der Waals surface area contributed by atoms with Gasteiger partial charge in [-0.3, -0.25) is 18.7 Å². The minimum atomic E-state index is -5.20. The molecular weight excluding hydrogens is 1090 g/mol. The van der Waals surface area contributed by atoms with Gasteiger partial charge in [-0.2, -0.15) is 49.6 Å². The zero-order valence-corrected chi connectivity index (χ0v) is 43.5. The number of aromatic nitrogens is 5. The number of anilines is 1. The van der Waals surface area contributed by atoms with E-state index < -0.39 is 133 Å². The number of aliphatic hydroxyl groups excluding tert-OH is 1. The molecule has 1 aliphatic carbocycles. The van der Waals surface area contributed by atoms with Crippen LogP contribution in [0, 0.1) is 23.5 Å². The molecule has 15 nitrogen and oxygen atoms in total. The molecule has 0 fully saturated rings. The quantitative estimate of drug-likeness (QED) is 0.0335. The molecule has 4 N–H and O–H groups in total. The molecule has 6 rings (SSSR count). The maximum Gasteiger partial charge on any atom is 0.469 e. The van der Waals surface area contributed by atoms with Crippen LogP contribution in [0.25, 0.3) is 22.0 Å². The van der Waals surface area contributed by atoms with Gasteiger partial charge in [-0.05, 0) is 100 Å². The summed E-state index contributed by atoms with van der Waals surface area (Å²) in [5.74, 6) is -3.21. The molecule has 74 heavy (non-hydrogen) atoms. The zero-order chi connectivity index (χ0) is 55.6. The van der Waals surface area contributed by atoms with Gasteiger partial charge in [0.2, 0.25) is 5.91 Å². The maximum atomic E-state index is 15.4. The number of amides is 2. The first-order chi connectivity index (χ1) is 34.2. The van der Waals surface area contributed by atoms with Crippen LogP contribution in [-0.4, -0.2) is 94.2 Å². The van der Waals surface area contributed by atoms with Crippen LogP contribution in [0.15, 0.2) is 42.5 Å². The molecule has 0 spiro atoms. The Kier molecular flexibility index (Phi) is 18.6. The first kappa shape index (κ1) is 59.8. The van der Waals surface area contributed by atoms with Crippen molar-refractivity contribution in [3.63, 3.8) is 0 Å². The Bertz CT molecular complexity index is 3000. The third-order valence-corrected chi connectivity index (χ3v) is 13.9. The number of ether oxygens (including phenoxy) is 1. The average Bonchev–Trinajstić information content (AvgIpc) is 3.92. The molecule has 4 atom stereocenters. The molecule has 0 bridgehead atoms. The second-order valence-corrected chi connectivity index (χ2v) is 20.8. The van der Waals surface area contributed by atoms with Crippen molar-refractivity contribution >= 4 is 71.9 Å². The van der Waals surface area contributed by atoms with Crippen molar-refractivity contribution in [1.29, 1.82) is 0 Å². The van der Waals surface area contributed by atoms with E-state index in [1.165, 1.54) is 56.1 Å². The van der Waals surface area contributed by atoms with Gasteiger partial charge in [-0.25, -0.2) is 23.1 Å². The number of phosphoric acid groups is 1. The summed E-state index contributed by atoms with van der Waals surface area (Å²) in [7, 11) is -4.08. The van der Waals surface area contributed by atoms with E-state index in [9.17, 15) is 59.1 Å². The summed E-state index contributed by atoms with van der Waals surface area (Å²) in [6, 6.07) is 5.81. The topological polar surface area (TPSA) is 194 Å². The number of aliphatic hydroxyl groups is 1. The van der Waals surface area contributed by atoms with Crippen LogP contribution in [0.1, 0.15) is 86.9 Å². The van der Waals surface area contributed by atoms with Crippen LogP contribution in [0.4, 0.5) is 54.5 Å². The van der Waals surface area contributed by atoms with E-state index in [1.54, 1.807) is 20.1 Å². The number of fused-ring (bicyclic) bond motifs is 2. The maximum absolute atomic E-state index is 15.4. The predicted molar refractivity (Wildman–Crippen MR) is 256 cm³/mol. The van der Waals surface area contributed by atoms with Crippen molar-refractivity contribution in [2.45, 2.75) is 108 Å². The van der Waals surface area contributed by atoms with Crippen molar-refractivity contribution in [3.8, 4) is 23.0 Å². The highest BCUT2D eigenvalue weighted by atomic mass is 35.5. The van der Waals surface area contributed by atoms with Crippen LogP contribution in [-0.2, 0) is 50.2 Å². The van der Waals surface area contributed by atoms with Crippen molar-refractivity contribution in [2.24, 2.45) is 0 Å². The summed E-state index contributed by atoms with van der Waals surface area (Å²) in [6.07, 6.45) is -12.8. The van der Waals surface area contributed by atoms with Gasteiger partial charge >= 0.3 is 26.3 Å². The van der Waals surface area contributed by atoms with E-state index in [1.807, 2.05) is 0 Å². The molecule has 0 radical (unpaired) electrons. The molecular formula is C45H47ClF10N7O8PS2. The molecule has 0 saturated heterocycles. The fraction of sp³-hybridized carbons (Fsp3) is 0.444. The van der Waals surface area contributed by atoms with Crippen molar-refractivity contribution < 1.29 is 82.2 Å². The molecule has 3 heterocycles. The summed E-state index contributed by atoms with van der Waals surface area (Å²) >= 11 is 8.67. The monoisotopic (exact) mass is 1130 g/mol. The Labute approximate surface area is 430 Å². The van der Waals surface area contributed by atoms with Gasteiger partial charge in [0.15, 0.2) is 11.5 Å². The number of pyridine rings is 1.